The first kappa shape index (κ1) is 34.0. The first-order valence-corrected chi connectivity index (χ1v) is 18.4. The fourth-order valence-corrected chi connectivity index (χ4v) is 11.0. The largest absolute Gasteiger partial charge is 0.444 e. The molecular weight excluding hydrogens is 637 g/mol. The molecule has 3 aromatic carbocycles. The number of nitrogens with zero attached hydrogens (tertiary/aromatic N) is 2. The van der Waals surface area contributed by atoms with E-state index in [1.807, 2.05) is 99.1 Å². The number of ether oxygens (including phenoxy) is 1. The monoisotopic (exact) mass is 679 g/mol. The summed E-state index contributed by atoms with van der Waals surface area (Å²) in [6.07, 6.45) is 0.720. The first-order valence-electron chi connectivity index (χ1n) is 15.7. The summed E-state index contributed by atoms with van der Waals surface area (Å²) in [6, 6.07) is 24.9. The molecule has 10 heteroatoms. The van der Waals surface area contributed by atoms with Crippen LogP contribution in [0.25, 0.3) is 10.9 Å². The molecule has 1 saturated heterocycles. The van der Waals surface area contributed by atoms with E-state index in [4.69, 9.17) is 27.9 Å². The number of aryl methyl sites for hydroxylation is 1. The fourth-order valence-electron chi connectivity index (χ4n) is 6.84. The van der Waals surface area contributed by atoms with Crippen LogP contribution in [0.1, 0.15) is 57.9 Å². The topological polar surface area (TPSA) is 83.8 Å². The molecule has 1 aliphatic heterocycles. The Morgan fingerprint density at radius 1 is 0.957 bits per heavy atom. The van der Waals surface area contributed by atoms with Crippen molar-refractivity contribution >= 4 is 64.8 Å². The number of nitrogens with one attached hydrogen (secondary N) is 1. The van der Waals surface area contributed by atoms with Crippen LogP contribution in [-0.4, -0.2) is 59.3 Å². The number of piperidine rings is 1. The molecule has 0 saturated carbocycles. The van der Waals surface area contributed by atoms with Crippen LogP contribution >= 0.6 is 23.2 Å². The van der Waals surface area contributed by atoms with Crippen molar-refractivity contribution in [2.75, 3.05) is 13.1 Å². The molecule has 1 fully saturated rings. The Bertz CT molecular complexity index is 1680. The zero-order valence-corrected chi connectivity index (χ0v) is 29.8. The van der Waals surface area contributed by atoms with Gasteiger partial charge in [0.1, 0.15) is 11.3 Å². The minimum Gasteiger partial charge on any atom is -0.444 e. The van der Waals surface area contributed by atoms with Crippen LogP contribution in [0.4, 0.5) is 4.79 Å². The van der Waals surface area contributed by atoms with E-state index in [1.54, 1.807) is 17.0 Å². The van der Waals surface area contributed by atoms with Gasteiger partial charge in [-0.25, -0.2) is 4.79 Å². The van der Waals surface area contributed by atoms with Gasteiger partial charge < -0.3 is 24.3 Å². The highest BCUT2D eigenvalue weighted by Crippen LogP contribution is 2.43. The number of carbonyl (C=O) groups excluding carboxylic acids is 2. The van der Waals surface area contributed by atoms with Gasteiger partial charge in [-0.1, -0.05) is 97.7 Å². The standard InChI is InChI=1S/C36H43Cl2N3O4Si/c1-35(2,3)45-34(43)41-20-19-29(39-33(42)31-21-27-30(40(31)6)18-17-28(37)32(27)38)24(23-41)22-36(4,5)46(44,25-13-9-7-10-14-25)26-15-11-8-12-16-26/h7-18,21,24,29,44H,19-20,22-23H2,1-6H3,(H,39,42). The molecule has 0 spiro atoms. The van der Waals surface area contributed by atoms with E-state index < -0.39 is 19.0 Å². The zero-order chi connectivity index (χ0) is 33.4. The Balaban J connectivity index is 1.50. The summed E-state index contributed by atoms with van der Waals surface area (Å²) in [7, 11) is -1.52. The summed E-state index contributed by atoms with van der Waals surface area (Å²) >= 11 is 12.8. The van der Waals surface area contributed by atoms with Crippen LogP contribution in [-0.2, 0) is 11.8 Å². The van der Waals surface area contributed by atoms with Crippen molar-refractivity contribution in [1.29, 1.82) is 0 Å². The number of likely N-dealkylation sites (tertiary alicyclic amines) is 1. The van der Waals surface area contributed by atoms with Gasteiger partial charge in [0, 0.05) is 37.1 Å². The quantitative estimate of drug-likeness (QED) is 0.211. The number of fused-ring (bicyclic) bond motifs is 1. The molecular formula is C36H43Cl2N3O4Si. The molecule has 46 heavy (non-hydrogen) atoms. The maximum atomic E-state index is 13.9. The number of amides is 2. The average molecular weight is 681 g/mol. The van der Waals surface area contributed by atoms with Crippen molar-refractivity contribution in [3.05, 3.63) is 94.6 Å². The van der Waals surface area contributed by atoms with Crippen molar-refractivity contribution in [2.45, 2.75) is 64.1 Å². The number of rotatable bonds is 7. The molecule has 1 aromatic heterocycles. The van der Waals surface area contributed by atoms with E-state index in [0.717, 1.165) is 15.9 Å². The number of aromatic nitrogens is 1. The number of hydrogen-bond acceptors (Lipinski definition) is 4. The van der Waals surface area contributed by atoms with Crippen LogP contribution in [0.3, 0.4) is 0 Å². The predicted octanol–water partition coefficient (Wildman–Crippen LogP) is 6.76. The van der Waals surface area contributed by atoms with Gasteiger partial charge in [-0.05, 0) is 73.1 Å². The summed E-state index contributed by atoms with van der Waals surface area (Å²) in [5, 5.41) is 6.08. The molecule has 2 unspecified atom stereocenters. The number of carbonyl (C=O) groups is 2. The average Bonchev–Trinajstić information content (AvgIpc) is 3.36. The predicted molar refractivity (Wildman–Crippen MR) is 189 cm³/mol. The number of hydrogen-bond donors (Lipinski definition) is 2. The third kappa shape index (κ3) is 6.72. The van der Waals surface area contributed by atoms with Gasteiger partial charge in [-0.15, -0.1) is 0 Å². The Morgan fingerprint density at radius 2 is 1.54 bits per heavy atom. The Labute approximate surface area is 282 Å². The second kappa shape index (κ2) is 13.1. The summed E-state index contributed by atoms with van der Waals surface area (Å²) in [5.74, 6) is -0.401. The van der Waals surface area contributed by atoms with Crippen molar-refractivity contribution in [3.63, 3.8) is 0 Å². The van der Waals surface area contributed by atoms with Crippen molar-refractivity contribution in [1.82, 2.24) is 14.8 Å². The van der Waals surface area contributed by atoms with E-state index >= 15 is 0 Å². The van der Waals surface area contributed by atoms with Crippen LogP contribution in [0.15, 0.2) is 78.9 Å². The van der Waals surface area contributed by atoms with Crippen molar-refractivity contribution in [2.24, 2.45) is 13.0 Å². The molecule has 2 N–H and O–H groups in total. The Hall–Kier alpha value is -3.30. The van der Waals surface area contributed by atoms with Crippen LogP contribution < -0.4 is 15.7 Å². The van der Waals surface area contributed by atoms with Gasteiger partial charge in [0.2, 0.25) is 0 Å². The molecule has 244 valence electrons. The van der Waals surface area contributed by atoms with Crippen LogP contribution in [0.5, 0.6) is 0 Å². The highest BCUT2D eigenvalue weighted by molar-refractivity contribution is 6.98. The first-order chi connectivity index (χ1) is 21.6. The molecule has 7 nitrogen and oxygen atoms in total. The fraction of sp³-hybridized carbons (Fsp3) is 0.389. The van der Waals surface area contributed by atoms with E-state index in [-0.39, 0.29) is 24.0 Å². The van der Waals surface area contributed by atoms with E-state index in [0.29, 0.717) is 47.1 Å². The third-order valence-electron chi connectivity index (χ3n) is 9.18. The summed E-state index contributed by atoms with van der Waals surface area (Å²) < 4.78 is 7.57. The highest BCUT2D eigenvalue weighted by atomic mass is 35.5. The third-order valence-corrected chi connectivity index (χ3v) is 14.5. The Morgan fingerprint density at radius 3 is 2.11 bits per heavy atom. The van der Waals surface area contributed by atoms with Crippen molar-refractivity contribution < 1.29 is 19.1 Å². The van der Waals surface area contributed by atoms with Gasteiger partial charge in [-0.2, -0.15) is 0 Å². The number of benzene rings is 3. The zero-order valence-electron chi connectivity index (χ0n) is 27.3. The molecule has 0 bridgehead atoms. The van der Waals surface area contributed by atoms with E-state index in [9.17, 15) is 14.4 Å². The summed E-state index contributed by atoms with van der Waals surface area (Å²) in [6.45, 7) is 10.6. The second-order valence-corrected chi connectivity index (χ2v) is 18.7. The minimum absolute atomic E-state index is 0.167. The molecule has 0 radical (unpaired) electrons. The summed E-state index contributed by atoms with van der Waals surface area (Å²) in [4.78, 5) is 41.8. The van der Waals surface area contributed by atoms with Gasteiger partial charge in [0.25, 0.3) is 14.2 Å². The van der Waals surface area contributed by atoms with Gasteiger partial charge in [-0.3, -0.25) is 4.79 Å². The molecule has 2 amide bonds. The second-order valence-electron chi connectivity index (χ2n) is 14.0. The van der Waals surface area contributed by atoms with Crippen LogP contribution in [0.2, 0.25) is 15.1 Å². The van der Waals surface area contributed by atoms with Gasteiger partial charge >= 0.3 is 6.09 Å². The smallest absolute Gasteiger partial charge is 0.410 e. The van der Waals surface area contributed by atoms with Crippen molar-refractivity contribution in [3.8, 4) is 0 Å². The van der Waals surface area contributed by atoms with Gasteiger partial charge in [0.15, 0.2) is 0 Å². The highest BCUT2D eigenvalue weighted by Gasteiger charge is 2.52. The number of halogens is 2. The minimum atomic E-state index is -3.36. The molecule has 0 aliphatic carbocycles. The molecule has 4 aromatic rings. The lowest BCUT2D eigenvalue weighted by molar-refractivity contribution is 0.0119. The molecule has 2 atom stereocenters. The SMILES string of the molecule is Cn1c(C(=O)NC2CCN(C(=O)OC(C)(C)C)CC2CC(C)(C)[Si](O)(c2ccccc2)c2ccccc2)cc2c(Cl)c(Cl)ccc21. The van der Waals surface area contributed by atoms with E-state index in [1.165, 1.54) is 0 Å². The van der Waals surface area contributed by atoms with Crippen LogP contribution in [0, 0.1) is 5.92 Å². The van der Waals surface area contributed by atoms with E-state index in [2.05, 4.69) is 19.2 Å². The molecule has 2 heterocycles. The maximum Gasteiger partial charge on any atom is 0.410 e. The Kier molecular flexibility index (Phi) is 9.67. The maximum absolute atomic E-state index is 13.9. The molecule has 1 aliphatic rings. The lowest BCUT2D eigenvalue weighted by Gasteiger charge is -2.47. The molecule has 5 rings (SSSR count). The lowest BCUT2D eigenvalue weighted by atomic mass is 9.84. The van der Waals surface area contributed by atoms with Gasteiger partial charge in [0.05, 0.1) is 10.0 Å². The summed E-state index contributed by atoms with van der Waals surface area (Å²) in [5.41, 5.74) is 0.633. The lowest BCUT2D eigenvalue weighted by Crippen LogP contribution is -2.66. The normalized spacial score (nSPS) is 17.6.